The van der Waals surface area contributed by atoms with E-state index in [0.717, 1.165) is 18.5 Å². The van der Waals surface area contributed by atoms with Crippen LogP contribution in [0.2, 0.25) is 0 Å². The number of aromatic nitrogens is 1. The maximum Gasteiger partial charge on any atom is 0.181 e. The molecule has 3 nitrogen and oxygen atoms in total. The van der Waals surface area contributed by atoms with Gasteiger partial charge in [0, 0.05) is 11.3 Å². The first-order chi connectivity index (χ1) is 7.15. The van der Waals surface area contributed by atoms with Gasteiger partial charge in [0.1, 0.15) is 0 Å². The van der Waals surface area contributed by atoms with Crippen LogP contribution in [0.3, 0.4) is 0 Å². The van der Waals surface area contributed by atoms with Gasteiger partial charge in [-0.3, -0.25) is 0 Å². The Balaban J connectivity index is 1.94. The van der Waals surface area contributed by atoms with Crippen LogP contribution in [0.4, 0.5) is 5.13 Å². The van der Waals surface area contributed by atoms with Gasteiger partial charge in [0.25, 0.3) is 0 Å². The molecule has 5 heteroatoms. The zero-order valence-corrected chi connectivity index (χ0v) is 10.5. The lowest BCUT2D eigenvalue weighted by Gasteiger charge is -2.25. The summed E-state index contributed by atoms with van der Waals surface area (Å²) in [6, 6.07) is 0.425. The Hall–Kier alpha value is -0.260. The zero-order valence-electron chi connectivity index (χ0n) is 8.90. The van der Waals surface area contributed by atoms with Crippen LogP contribution >= 0.6 is 23.1 Å². The minimum absolute atomic E-state index is 0.425. The fourth-order valence-electron chi connectivity index (χ4n) is 1.87. The molecule has 0 bridgehead atoms. The van der Waals surface area contributed by atoms with Crippen LogP contribution in [0, 0.1) is 6.92 Å². The van der Waals surface area contributed by atoms with Crippen molar-refractivity contribution in [3.05, 3.63) is 5.69 Å². The Morgan fingerprint density at radius 2 is 2.00 bits per heavy atom. The van der Waals surface area contributed by atoms with Crippen molar-refractivity contribution in [2.24, 2.45) is 5.73 Å². The van der Waals surface area contributed by atoms with Crippen molar-refractivity contribution in [1.82, 2.24) is 4.98 Å². The Bertz CT molecular complexity index is 329. The van der Waals surface area contributed by atoms with Crippen LogP contribution in [0.1, 0.15) is 31.4 Å². The highest BCUT2D eigenvalue weighted by Crippen LogP contribution is 2.38. The smallest absolute Gasteiger partial charge is 0.181 e. The number of hydrogen-bond donors (Lipinski definition) is 2. The molecular weight excluding hydrogens is 226 g/mol. The Morgan fingerprint density at radius 1 is 1.33 bits per heavy atom. The molecule has 0 aliphatic heterocycles. The van der Waals surface area contributed by atoms with E-state index in [1.54, 1.807) is 11.3 Å². The summed E-state index contributed by atoms with van der Waals surface area (Å²) in [5.74, 6) is 0. The van der Waals surface area contributed by atoms with Crippen LogP contribution in [-0.2, 0) is 0 Å². The van der Waals surface area contributed by atoms with Crippen LogP contribution in [0.15, 0.2) is 4.21 Å². The summed E-state index contributed by atoms with van der Waals surface area (Å²) in [6.07, 6.45) is 4.77. The van der Waals surface area contributed by atoms with Crippen molar-refractivity contribution in [3.8, 4) is 0 Å². The van der Waals surface area contributed by atoms with Crippen molar-refractivity contribution in [2.45, 2.75) is 48.1 Å². The molecule has 4 N–H and O–H groups in total. The van der Waals surface area contributed by atoms with E-state index < -0.39 is 0 Å². The molecule has 15 heavy (non-hydrogen) atoms. The number of hydrogen-bond acceptors (Lipinski definition) is 5. The summed E-state index contributed by atoms with van der Waals surface area (Å²) in [7, 11) is 0. The quantitative estimate of drug-likeness (QED) is 0.837. The number of thioether (sulfide) groups is 1. The lowest BCUT2D eigenvalue weighted by atomic mass is 9.96. The first-order valence-electron chi connectivity index (χ1n) is 5.30. The highest BCUT2D eigenvalue weighted by Gasteiger charge is 2.21. The second kappa shape index (κ2) is 4.72. The Kier molecular flexibility index (Phi) is 3.53. The maximum atomic E-state index is 5.89. The first kappa shape index (κ1) is 11.2. The number of aryl methyl sites for hydroxylation is 1. The fourth-order valence-corrected chi connectivity index (χ4v) is 4.32. The standard InChI is InChI=1S/C10H17N3S2/c1-6-9(15-10(12)13-6)14-8-4-2-7(11)3-5-8/h7-8H,2-5,11H2,1H3,(H2,12,13). The van der Waals surface area contributed by atoms with E-state index in [1.807, 2.05) is 18.7 Å². The van der Waals surface area contributed by atoms with E-state index in [-0.39, 0.29) is 0 Å². The molecule has 1 fully saturated rings. The van der Waals surface area contributed by atoms with E-state index in [0.29, 0.717) is 16.4 Å². The predicted octanol–water partition coefficient (Wildman–Crippen LogP) is 2.40. The molecule has 0 atom stereocenters. The summed E-state index contributed by atoms with van der Waals surface area (Å²) < 4.78 is 1.29. The minimum Gasteiger partial charge on any atom is -0.375 e. The molecule has 0 amide bonds. The predicted molar refractivity (Wildman–Crippen MR) is 67.4 cm³/mol. The number of rotatable bonds is 2. The molecule has 84 valence electrons. The highest BCUT2D eigenvalue weighted by atomic mass is 32.2. The molecule has 1 saturated carbocycles. The molecule has 0 saturated heterocycles. The Labute approximate surface area is 98.6 Å². The van der Waals surface area contributed by atoms with Crippen LogP contribution in [0.25, 0.3) is 0 Å². The zero-order chi connectivity index (χ0) is 10.8. The molecule has 1 aromatic rings. The third-order valence-electron chi connectivity index (χ3n) is 2.76. The monoisotopic (exact) mass is 243 g/mol. The minimum atomic E-state index is 0.425. The van der Waals surface area contributed by atoms with Gasteiger partial charge < -0.3 is 11.5 Å². The second-order valence-electron chi connectivity index (χ2n) is 4.08. The normalized spacial score (nSPS) is 26.8. The first-order valence-corrected chi connectivity index (χ1v) is 7.00. The average Bonchev–Trinajstić information content (AvgIpc) is 2.49. The van der Waals surface area contributed by atoms with Gasteiger partial charge in [0.2, 0.25) is 0 Å². The summed E-state index contributed by atoms with van der Waals surface area (Å²) in [6.45, 7) is 2.03. The lowest BCUT2D eigenvalue weighted by Crippen LogP contribution is -2.27. The molecule has 1 aliphatic carbocycles. The topological polar surface area (TPSA) is 64.9 Å². The van der Waals surface area contributed by atoms with Crippen LogP contribution in [-0.4, -0.2) is 16.3 Å². The SMILES string of the molecule is Cc1nc(N)sc1SC1CCC(N)CC1. The van der Waals surface area contributed by atoms with Crippen molar-refractivity contribution in [1.29, 1.82) is 0 Å². The molecule has 1 aliphatic rings. The van der Waals surface area contributed by atoms with Crippen LogP contribution < -0.4 is 11.5 Å². The lowest BCUT2D eigenvalue weighted by molar-refractivity contribution is 0.451. The number of nitrogens with two attached hydrogens (primary N) is 2. The van der Waals surface area contributed by atoms with Gasteiger partial charge in [-0.25, -0.2) is 4.98 Å². The number of nitrogen functional groups attached to an aromatic ring is 1. The van der Waals surface area contributed by atoms with Gasteiger partial charge in [0.05, 0.1) is 9.90 Å². The fraction of sp³-hybridized carbons (Fsp3) is 0.700. The van der Waals surface area contributed by atoms with Gasteiger partial charge in [-0.1, -0.05) is 11.3 Å². The second-order valence-corrected chi connectivity index (χ2v) is 6.68. The summed E-state index contributed by atoms with van der Waals surface area (Å²) in [4.78, 5) is 4.24. The summed E-state index contributed by atoms with van der Waals surface area (Å²) >= 11 is 3.54. The Morgan fingerprint density at radius 3 is 2.53 bits per heavy atom. The van der Waals surface area contributed by atoms with Crippen molar-refractivity contribution >= 4 is 28.2 Å². The number of nitrogens with zero attached hydrogens (tertiary/aromatic N) is 1. The van der Waals surface area contributed by atoms with E-state index in [2.05, 4.69) is 4.98 Å². The van der Waals surface area contributed by atoms with Gasteiger partial charge in [-0.05, 0) is 32.6 Å². The molecule has 0 aromatic carbocycles. The summed E-state index contributed by atoms with van der Waals surface area (Å²) in [5, 5.41) is 1.39. The molecular formula is C10H17N3S2. The number of anilines is 1. The molecule has 2 rings (SSSR count). The van der Waals surface area contributed by atoms with Gasteiger partial charge in [-0.15, -0.1) is 11.8 Å². The molecule has 0 radical (unpaired) electrons. The molecule has 0 spiro atoms. The van der Waals surface area contributed by atoms with E-state index >= 15 is 0 Å². The molecule has 1 heterocycles. The van der Waals surface area contributed by atoms with E-state index in [9.17, 15) is 0 Å². The van der Waals surface area contributed by atoms with Crippen LogP contribution in [0.5, 0.6) is 0 Å². The van der Waals surface area contributed by atoms with Gasteiger partial charge in [0.15, 0.2) is 5.13 Å². The number of thiazole rings is 1. The highest BCUT2D eigenvalue weighted by molar-refractivity contribution is 8.01. The summed E-state index contributed by atoms with van der Waals surface area (Å²) in [5.41, 5.74) is 12.6. The van der Waals surface area contributed by atoms with Crippen molar-refractivity contribution < 1.29 is 0 Å². The largest absolute Gasteiger partial charge is 0.375 e. The molecule has 1 aromatic heterocycles. The maximum absolute atomic E-state index is 5.89. The van der Waals surface area contributed by atoms with Gasteiger partial charge in [-0.2, -0.15) is 0 Å². The van der Waals surface area contributed by atoms with Crippen molar-refractivity contribution in [3.63, 3.8) is 0 Å². The third-order valence-corrected chi connectivity index (χ3v) is 5.40. The molecule has 0 unspecified atom stereocenters. The third kappa shape index (κ3) is 2.86. The van der Waals surface area contributed by atoms with E-state index in [4.69, 9.17) is 11.5 Å². The van der Waals surface area contributed by atoms with Gasteiger partial charge >= 0.3 is 0 Å². The average molecular weight is 243 g/mol. The van der Waals surface area contributed by atoms with E-state index in [1.165, 1.54) is 17.1 Å². The van der Waals surface area contributed by atoms with Crippen molar-refractivity contribution in [2.75, 3.05) is 5.73 Å².